The Bertz CT molecular complexity index is 436. The molecule has 0 fully saturated rings. The molecule has 4 heteroatoms. The summed E-state index contributed by atoms with van der Waals surface area (Å²) >= 11 is 9.31. The highest BCUT2D eigenvalue weighted by Gasteiger charge is 2.07. The lowest BCUT2D eigenvalue weighted by atomic mass is 10.1. The third-order valence-electron chi connectivity index (χ3n) is 1.82. The fourth-order valence-corrected chi connectivity index (χ4v) is 2.00. The first-order chi connectivity index (χ1) is 5.70. The lowest BCUT2D eigenvalue weighted by Crippen LogP contribution is -1.75. The van der Waals surface area contributed by atoms with Crippen molar-refractivity contribution in [3.63, 3.8) is 0 Å². The number of aromatic amines is 1. The highest BCUT2D eigenvalue weighted by atomic mass is 79.9. The average Bonchev–Trinajstić information content (AvgIpc) is 2.42. The second kappa shape index (κ2) is 2.75. The van der Waals surface area contributed by atoms with Crippen LogP contribution in [0.25, 0.3) is 10.9 Å². The van der Waals surface area contributed by atoms with Gasteiger partial charge in [0.15, 0.2) is 0 Å². The predicted molar refractivity (Wildman–Crippen MR) is 53.5 cm³/mol. The van der Waals surface area contributed by atoms with E-state index in [0.717, 1.165) is 21.1 Å². The highest BCUT2D eigenvalue weighted by molar-refractivity contribution is 9.10. The lowest BCUT2D eigenvalue weighted by Gasteiger charge is -1.96. The van der Waals surface area contributed by atoms with Gasteiger partial charge in [-0.25, -0.2) is 0 Å². The van der Waals surface area contributed by atoms with Gasteiger partial charge in [-0.05, 0) is 34.5 Å². The molecule has 62 valence electrons. The van der Waals surface area contributed by atoms with E-state index in [2.05, 4.69) is 26.1 Å². The van der Waals surface area contributed by atoms with Gasteiger partial charge >= 0.3 is 0 Å². The summed E-state index contributed by atoms with van der Waals surface area (Å²) < 4.78 is 0.887. The van der Waals surface area contributed by atoms with Crippen LogP contribution in [-0.2, 0) is 0 Å². The number of aromatic nitrogens is 2. The predicted octanol–water partition coefficient (Wildman–Crippen LogP) is 3.29. The summed E-state index contributed by atoms with van der Waals surface area (Å²) in [6.07, 6.45) is 0. The Balaban J connectivity index is 2.98. The molecule has 0 saturated heterocycles. The second-order valence-corrected chi connectivity index (χ2v) is 3.83. The molecule has 12 heavy (non-hydrogen) atoms. The fraction of sp³-hybridized carbons (Fsp3) is 0.125. The molecule has 0 aliphatic rings. The van der Waals surface area contributed by atoms with E-state index in [1.54, 1.807) is 0 Å². The molecule has 0 spiro atoms. The summed E-state index contributed by atoms with van der Waals surface area (Å²) in [5.41, 5.74) is 1.98. The van der Waals surface area contributed by atoms with E-state index in [9.17, 15) is 0 Å². The summed E-state index contributed by atoms with van der Waals surface area (Å²) in [5.74, 6) is 0. The Morgan fingerprint density at radius 2 is 2.25 bits per heavy atom. The molecule has 0 unspecified atom stereocenters. The fourth-order valence-electron chi connectivity index (χ4n) is 1.21. The number of aryl methyl sites for hydroxylation is 1. The number of H-pyrrole nitrogens is 1. The van der Waals surface area contributed by atoms with Crippen LogP contribution in [0.4, 0.5) is 0 Å². The van der Waals surface area contributed by atoms with E-state index in [0.29, 0.717) is 5.02 Å². The summed E-state index contributed by atoms with van der Waals surface area (Å²) in [4.78, 5) is 0. The molecule has 0 amide bonds. The van der Waals surface area contributed by atoms with Crippen LogP contribution >= 0.6 is 27.5 Å². The molecule has 2 aromatic rings. The van der Waals surface area contributed by atoms with Crippen LogP contribution in [0.5, 0.6) is 0 Å². The molecule has 0 saturated carbocycles. The third-order valence-corrected chi connectivity index (χ3v) is 2.70. The number of fused-ring (bicyclic) bond motifs is 1. The maximum atomic E-state index is 5.94. The number of rotatable bonds is 0. The largest absolute Gasteiger partial charge is 0.270 e. The summed E-state index contributed by atoms with van der Waals surface area (Å²) in [6.45, 7) is 2.03. The highest BCUT2D eigenvalue weighted by Crippen LogP contribution is 2.29. The van der Waals surface area contributed by atoms with Gasteiger partial charge in [0.2, 0.25) is 0 Å². The van der Waals surface area contributed by atoms with E-state index in [1.165, 1.54) is 0 Å². The molecule has 1 aromatic carbocycles. The molecule has 0 atom stereocenters. The van der Waals surface area contributed by atoms with Crippen LogP contribution in [0.15, 0.2) is 16.7 Å². The first kappa shape index (κ1) is 8.08. The van der Waals surface area contributed by atoms with Gasteiger partial charge in [-0.1, -0.05) is 17.7 Å². The summed E-state index contributed by atoms with van der Waals surface area (Å²) in [6, 6.07) is 3.83. The molecule has 0 bridgehead atoms. The van der Waals surface area contributed by atoms with Gasteiger partial charge in [-0.15, -0.1) is 0 Å². The smallest absolute Gasteiger partial charge is 0.112 e. The third kappa shape index (κ3) is 1.04. The van der Waals surface area contributed by atoms with Crippen LogP contribution in [0.3, 0.4) is 0 Å². The van der Waals surface area contributed by atoms with Gasteiger partial charge in [0.05, 0.1) is 5.02 Å². The standard InChI is InChI=1S/C8H6BrClN2/c1-4-2-3-5(10)7-6(4)8(9)12-11-7/h2-3H,1H3,(H,11,12). The zero-order chi connectivity index (χ0) is 8.72. The Kier molecular flexibility index (Phi) is 1.85. The Morgan fingerprint density at radius 1 is 1.50 bits per heavy atom. The van der Waals surface area contributed by atoms with Crippen molar-refractivity contribution in [2.24, 2.45) is 0 Å². The normalized spacial score (nSPS) is 10.9. The van der Waals surface area contributed by atoms with E-state index in [1.807, 2.05) is 19.1 Å². The minimum Gasteiger partial charge on any atom is -0.270 e. The monoisotopic (exact) mass is 244 g/mol. The number of nitrogens with one attached hydrogen (secondary N) is 1. The maximum absolute atomic E-state index is 5.94. The van der Waals surface area contributed by atoms with Gasteiger partial charge in [-0.3, -0.25) is 5.10 Å². The number of hydrogen-bond donors (Lipinski definition) is 1. The first-order valence-corrected chi connectivity index (χ1v) is 4.66. The number of halogens is 2. The maximum Gasteiger partial charge on any atom is 0.112 e. The van der Waals surface area contributed by atoms with Crippen molar-refractivity contribution < 1.29 is 0 Å². The van der Waals surface area contributed by atoms with Gasteiger partial charge in [0.1, 0.15) is 10.1 Å². The molecule has 1 aromatic heterocycles. The quantitative estimate of drug-likeness (QED) is 0.758. The van der Waals surface area contributed by atoms with Crippen LogP contribution in [0.2, 0.25) is 5.02 Å². The zero-order valence-electron chi connectivity index (χ0n) is 6.36. The van der Waals surface area contributed by atoms with Crippen LogP contribution in [0, 0.1) is 6.92 Å². The van der Waals surface area contributed by atoms with E-state index in [-0.39, 0.29) is 0 Å². The van der Waals surface area contributed by atoms with E-state index in [4.69, 9.17) is 11.6 Å². The number of hydrogen-bond acceptors (Lipinski definition) is 1. The van der Waals surface area contributed by atoms with Crippen molar-refractivity contribution in [2.75, 3.05) is 0 Å². The van der Waals surface area contributed by atoms with Crippen LogP contribution < -0.4 is 0 Å². The van der Waals surface area contributed by atoms with E-state index < -0.39 is 0 Å². The molecule has 1 N–H and O–H groups in total. The van der Waals surface area contributed by atoms with Crippen molar-refractivity contribution in [2.45, 2.75) is 6.92 Å². The van der Waals surface area contributed by atoms with Gasteiger partial charge in [0, 0.05) is 5.39 Å². The first-order valence-electron chi connectivity index (χ1n) is 3.49. The van der Waals surface area contributed by atoms with Crippen LogP contribution in [-0.4, -0.2) is 10.2 Å². The molecule has 1 heterocycles. The Morgan fingerprint density at radius 3 is 2.92 bits per heavy atom. The van der Waals surface area contributed by atoms with Gasteiger partial charge < -0.3 is 0 Å². The summed E-state index contributed by atoms with van der Waals surface area (Å²) in [7, 11) is 0. The Hall–Kier alpha value is -0.540. The molecule has 0 radical (unpaired) electrons. The van der Waals surface area contributed by atoms with Crippen molar-refractivity contribution in [3.8, 4) is 0 Å². The van der Waals surface area contributed by atoms with Crippen molar-refractivity contribution >= 4 is 38.4 Å². The molecule has 0 aliphatic heterocycles. The minimum absolute atomic E-state index is 0.678. The second-order valence-electron chi connectivity index (χ2n) is 2.63. The molecule has 2 rings (SSSR count). The van der Waals surface area contributed by atoms with E-state index >= 15 is 0 Å². The van der Waals surface area contributed by atoms with Gasteiger partial charge in [-0.2, -0.15) is 5.10 Å². The number of benzene rings is 1. The van der Waals surface area contributed by atoms with Gasteiger partial charge in [0.25, 0.3) is 0 Å². The molecule has 2 nitrogen and oxygen atoms in total. The Labute approximate surface area is 83.0 Å². The molecular weight excluding hydrogens is 239 g/mol. The molecular formula is C8H6BrClN2. The van der Waals surface area contributed by atoms with Crippen molar-refractivity contribution in [3.05, 3.63) is 27.3 Å². The topological polar surface area (TPSA) is 28.7 Å². The SMILES string of the molecule is Cc1ccc(Cl)c2n[nH]c(Br)c12. The lowest BCUT2D eigenvalue weighted by molar-refractivity contribution is 1.10. The summed E-state index contributed by atoms with van der Waals surface area (Å²) in [5, 5.41) is 8.65. The molecule has 0 aliphatic carbocycles. The number of nitrogens with zero attached hydrogens (tertiary/aromatic N) is 1. The zero-order valence-corrected chi connectivity index (χ0v) is 8.70. The minimum atomic E-state index is 0.678. The van der Waals surface area contributed by atoms with Crippen molar-refractivity contribution in [1.29, 1.82) is 0 Å². The van der Waals surface area contributed by atoms with Crippen molar-refractivity contribution in [1.82, 2.24) is 10.2 Å². The average molecular weight is 246 g/mol. The van der Waals surface area contributed by atoms with Crippen LogP contribution in [0.1, 0.15) is 5.56 Å².